The lowest BCUT2D eigenvalue weighted by atomic mass is 10.00. The number of nitrogens with zero attached hydrogens (tertiary/aromatic N) is 1. The van der Waals surface area contributed by atoms with E-state index in [0.717, 1.165) is 6.42 Å². The summed E-state index contributed by atoms with van der Waals surface area (Å²) in [6.07, 6.45) is 0.974. The number of likely N-dealkylation sites (N-methyl/N-ethyl adjacent to an activating group) is 1. The number of hydrogen-bond acceptors (Lipinski definition) is 4. The Morgan fingerprint density at radius 2 is 2.10 bits per heavy atom. The summed E-state index contributed by atoms with van der Waals surface area (Å²) in [5.74, 6) is 0.593. The summed E-state index contributed by atoms with van der Waals surface area (Å²) in [6, 6.07) is 5.21. The maximum Gasteiger partial charge on any atom is 0.238 e. The van der Waals surface area contributed by atoms with E-state index in [-0.39, 0.29) is 11.4 Å². The van der Waals surface area contributed by atoms with Gasteiger partial charge < -0.3 is 15.8 Å². The van der Waals surface area contributed by atoms with E-state index in [0.29, 0.717) is 23.7 Å². The van der Waals surface area contributed by atoms with Gasteiger partial charge in [0, 0.05) is 11.6 Å². The maximum atomic E-state index is 12.1. The molecule has 0 aliphatic heterocycles. The van der Waals surface area contributed by atoms with Gasteiger partial charge in [-0.05, 0) is 39.4 Å². The number of rotatable bonds is 6. The molecule has 20 heavy (non-hydrogen) atoms. The Morgan fingerprint density at radius 1 is 1.45 bits per heavy atom. The summed E-state index contributed by atoms with van der Waals surface area (Å²) >= 11 is 0. The number of nitrogens with one attached hydrogen (secondary N) is 1. The molecule has 5 nitrogen and oxygen atoms in total. The average Bonchev–Trinajstić information content (AvgIpc) is 2.40. The predicted molar refractivity (Wildman–Crippen MR) is 83.0 cm³/mol. The number of nitrogen functional groups attached to an aromatic ring is 1. The van der Waals surface area contributed by atoms with Gasteiger partial charge in [0.1, 0.15) is 5.75 Å². The highest BCUT2D eigenvalue weighted by atomic mass is 16.5. The monoisotopic (exact) mass is 279 g/mol. The van der Waals surface area contributed by atoms with Crippen LogP contribution in [0.25, 0.3) is 0 Å². The molecule has 0 atom stereocenters. The van der Waals surface area contributed by atoms with E-state index in [4.69, 9.17) is 10.5 Å². The van der Waals surface area contributed by atoms with E-state index in [1.807, 2.05) is 11.9 Å². The molecule has 1 aromatic rings. The average molecular weight is 279 g/mol. The fourth-order valence-electron chi connectivity index (χ4n) is 1.67. The minimum atomic E-state index is -0.0779. The first kappa shape index (κ1) is 16.3. The first-order valence-corrected chi connectivity index (χ1v) is 6.74. The van der Waals surface area contributed by atoms with Gasteiger partial charge in [-0.25, -0.2) is 0 Å². The smallest absolute Gasteiger partial charge is 0.238 e. The van der Waals surface area contributed by atoms with E-state index in [1.54, 1.807) is 25.3 Å². The van der Waals surface area contributed by atoms with Crippen molar-refractivity contribution in [2.45, 2.75) is 32.7 Å². The molecule has 0 fully saturated rings. The molecule has 0 saturated heterocycles. The summed E-state index contributed by atoms with van der Waals surface area (Å²) in [5, 5.41) is 2.83. The van der Waals surface area contributed by atoms with Crippen LogP contribution in [0.1, 0.15) is 27.2 Å². The Bertz CT molecular complexity index is 472. The molecule has 0 saturated carbocycles. The summed E-state index contributed by atoms with van der Waals surface area (Å²) in [5.41, 5.74) is 6.97. The van der Waals surface area contributed by atoms with Crippen molar-refractivity contribution in [3.63, 3.8) is 0 Å². The van der Waals surface area contributed by atoms with Crippen molar-refractivity contribution in [1.29, 1.82) is 0 Å². The normalized spacial score (nSPS) is 11.5. The third-order valence-electron chi connectivity index (χ3n) is 3.81. The van der Waals surface area contributed by atoms with Gasteiger partial charge in [-0.2, -0.15) is 0 Å². The van der Waals surface area contributed by atoms with Crippen molar-refractivity contribution >= 4 is 17.3 Å². The topological polar surface area (TPSA) is 67.6 Å². The van der Waals surface area contributed by atoms with Gasteiger partial charge in [-0.1, -0.05) is 6.92 Å². The van der Waals surface area contributed by atoms with Crippen LogP contribution in [0.5, 0.6) is 5.75 Å². The SMILES string of the molecule is CCC(C)(C)N(C)CC(=O)Nc1ccc(OC)cc1N. The summed E-state index contributed by atoms with van der Waals surface area (Å²) in [7, 11) is 3.52. The van der Waals surface area contributed by atoms with Crippen molar-refractivity contribution in [3.05, 3.63) is 18.2 Å². The number of amides is 1. The molecule has 0 unspecified atom stereocenters. The van der Waals surface area contributed by atoms with Gasteiger partial charge in [0.2, 0.25) is 5.91 Å². The maximum absolute atomic E-state index is 12.1. The van der Waals surface area contributed by atoms with Crippen LogP contribution in [0.2, 0.25) is 0 Å². The van der Waals surface area contributed by atoms with Gasteiger partial charge in [0.15, 0.2) is 0 Å². The van der Waals surface area contributed by atoms with Crippen LogP contribution in [0.3, 0.4) is 0 Å². The lowest BCUT2D eigenvalue weighted by Crippen LogP contribution is -2.44. The number of hydrogen-bond donors (Lipinski definition) is 2. The molecule has 0 spiro atoms. The summed E-state index contributed by atoms with van der Waals surface area (Å²) in [4.78, 5) is 14.1. The number of benzene rings is 1. The van der Waals surface area contributed by atoms with Gasteiger partial charge in [-0.15, -0.1) is 0 Å². The lowest BCUT2D eigenvalue weighted by Gasteiger charge is -2.34. The molecule has 0 radical (unpaired) electrons. The molecule has 0 aliphatic carbocycles. The second kappa shape index (κ2) is 6.61. The molecule has 0 aliphatic rings. The van der Waals surface area contributed by atoms with E-state index in [9.17, 15) is 4.79 Å². The number of carbonyl (C=O) groups excluding carboxylic acids is 1. The van der Waals surface area contributed by atoms with Crippen molar-refractivity contribution < 1.29 is 9.53 Å². The molecule has 1 amide bonds. The Morgan fingerprint density at radius 3 is 2.60 bits per heavy atom. The minimum absolute atomic E-state index is 0.0111. The Hall–Kier alpha value is -1.75. The van der Waals surface area contributed by atoms with Crippen molar-refractivity contribution in [1.82, 2.24) is 4.90 Å². The number of nitrogens with two attached hydrogens (primary N) is 1. The van der Waals surface area contributed by atoms with Crippen molar-refractivity contribution in [2.24, 2.45) is 0 Å². The van der Waals surface area contributed by atoms with Crippen LogP contribution in [0.4, 0.5) is 11.4 Å². The highest BCUT2D eigenvalue weighted by Crippen LogP contribution is 2.24. The standard InChI is InChI=1S/C15H25N3O2/c1-6-15(2,3)18(4)10-14(19)17-13-8-7-11(20-5)9-12(13)16/h7-9H,6,10,16H2,1-5H3,(H,17,19). The van der Waals surface area contributed by atoms with E-state index in [1.165, 1.54) is 0 Å². The Labute approximate surface area is 121 Å². The first-order valence-electron chi connectivity index (χ1n) is 6.74. The molecule has 1 rings (SSSR count). The molecular weight excluding hydrogens is 254 g/mol. The van der Waals surface area contributed by atoms with Crippen molar-refractivity contribution in [2.75, 3.05) is 31.8 Å². The highest BCUT2D eigenvalue weighted by Gasteiger charge is 2.23. The number of ether oxygens (including phenoxy) is 1. The molecule has 3 N–H and O–H groups in total. The first-order chi connectivity index (χ1) is 9.30. The van der Waals surface area contributed by atoms with Crippen LogP contribution in [-0.4, -0.2) is 37.0 Å². The van der Waals surface area contributed by atoms with Crippen molar-refractivity contribution in [3.8, 4) is 5.75 Å². The molecule has 112 valence electrons. The highest BCUT2D eigenvalue weighted by molar-refractivity contribution is 5.95. The van der Waals surface area contributed by atoms with E-state index >= 15 is 0 Å². The van der Waals surface area contributed by atoms with Crippen LogP contribution in [0, 0.1) is 0 Å². The second-order valence-electron chi connectivity index (χ2n) is 5.52. The predicted octanol–water partition coefficient (Wildman–Crippen LogP) is 2.34. The van der Waals surface area contributed by atoms with E-state index in [2.05, 4.69) is 26.1 Å². The quantitative estimate of drug-likeness (QED) is 0.784. The minimum Gasteiger partial charge on any atom is -0.497 e. The number of anilines is 2. The molecule has 1 aromatic carbocycles. The Balaban J connectivity index is 2.67. The summed E-state index contributed by atoms with van der Waals surface area (Å²) < 4.78 is 5.08. The third-order valence-corrected chi connectivity index (χ3v) is 3.81. The number of methoxy groups -OCH3 is 1. The lowest BCUT2D eigenvalue weighted by molar-refractivity contribution is -0.118. The van der Waals surface area contributed by atoms with Gasteiger partial charge >= 0.3 is 0 Å². The Kier molecular flexibility index (Phi) is 5.39. The molecule has 0 heterocycles. The van der Waals surface area contributed by atoms with Crippen LogP contribution >= 0.6 is 0 Å². The van der Waals surface area contributed by atoms with Gasteiger partial charge in [0.25, 0.3) is 0 Å². The second-order valence-corrected chi connectivity index (χ2v) is 5.52. The zero-order valence-corrected chi connectivity index (χ0v) is 13.0. The van der Waals surface area contributed by atoms with Gasteiger partial charge in [0.05, 0.1) is 25.0 Å². The van der Waals surface area contributed by atoms with Crippen LogP contribution in [-0.2, 0) is 4.79 Å². The molecule has 0 bridgehead atoms. The van der Waals surface area contributed by atoms with Gasteiger partial charge in [-0.3, -0.25) is 9.69 Å². The zero-order valence-electron chi connectivity index (χ0n) is 13.0. The molecule has 0 aromatic heterocycles. The zero-order chi connectivity index (χ0) is 15.3. The largest absolute Gasteiger partial charge is 0.497 e. The molecule has 5 heteroatoms. The fourth-order valence-corrected chi connectivity index (χ4v) is 1.67. The van der Waals surface area contributed by atoms with Crippen LogP contribution in [0.15, 0.2) is 18.2 Å². The van der Waals surface area contributed by atoms with E-state index < -0.39 is 0 Å². The fraction of sp³-hybridized carbons (Fsp3) is 0.533. The van der Waals surface area contributed by atoms with Crippen LogP contribution < -0.4 is 15.8 Å². The summed E-state index contributed by atoms with van der Waals surface area (Å²) in [6.45, 7) is 6.66. The molecular formula is C15H25N3O2. The third kappa shape index (κ3) is 4.13. The number of carbonyl (C=O) groups is 1.